The molecule has 0 saturated heterocycles. The van der Waals surface area contributed by atoms with Crippen molar-refractivity contribution < 1.29 is 14.6 Å². The van der Waals surface area contributed by atoms with E-state index in [4.69, 9.17) is 9.47 Å². The standard InChI is InChI=1S/C13H25N3O3/c1-10-13(11(2)16(3)15-10)8-14-7-12(17)9-19-6-5-18-4/h12,14,17H,5-9H2,1-4H3. The van der Waals surface area contributed by atoms with Crippen molar-refractivity contribution in [3.05, 3.63) is 17.0 Å². The molecule has 1 rings (SSSR count). The van der Waals surface area contributed by atoms with E-state index in [2.05, 4.69) is 10.4 Å². The normalized spacial score (nSPS) is 12.9. The molecular weight excluding hydrogens is 246 g/mol. The van der Waals surface area contributed by atoms with Gasteiger partial charge in [-0.15, -0.1) is 0 Å². The fourth-order valence-electron chi connectivity index (χ4n) is 1.86. The molecule has 1 aromatic rings. The smallest absolute Gasteiger partial charge is 0.0897 e. The molecule has 0 bridgehead atoms. The molecule has 0 amide bonds. The summed E-state index contributed by atoms with van der Waals surface area (Å²) in [7, 11) is 3.56. The lowest BCUT2D eigenvalue weighted by atomic mass is 10.2. The van der Waals surface area contributed by atoms with Crippen LogP contribution >= 0.6 is 0 Å². The lowest BCUT2D eigenvalue weighted by molar-refractivity contribution is 0.0137. The summed E-state index contributed by atoms with van der Waals surface area (Å²) in [6.45, 7) is 6.63. The zero-order valence-corrected chi connectivity index (χ0v) is 12.3. The molecule has 1 heterocycles. The highest BCUT2D eigenvalue weighted by atomic mass is 16.5. The van der Waals surface area contributed by atoms with E-state index in [0.29, 0.717) is 32.9 Å². The summed E-state index contributed by atoms with van der Waals surface area (Å²) >= 11 is 0. The molecule has 6 heteroatoms. The minimum Gasteiger partial charge on any atom is -0.389 e. The van der Waals surface area contributed by atoms with Crippen molar-refractivity contribution >= 4 is 0 Å². The van der Waals surface area contributed by atoms with Crippen molar-refractivity contribution in [2.75, 3.05) is 33.5 Å². The highest BCUT2D eigenvalue weighted by Crippen LogP contribution is 2.10. The maximum Gasteiger partial charge on any atom is 0.0897 e. The highest BCUT2D eigenvalue weighted by Gasteiger charge is 2.10. The molecule has 0 spiro atoms. The average Bonchev–Trinajstić information content (AvgIpc) is 2.61. The van der Waals surface area contributed by atoms with Crippen molar-refractivity contribution in [1.29, 1.82) is 0 Å². The summed E-state index contributed by atoms with van der Waals surface area (Å²) in [5.41, 5.74) is 3.36. The molecule has 1 unspecified atom stereocenters. The Morgan fingerprint density at radius 3 is 2.68 bits per heavy atom. The molecule has 0 aliphatic rings. The van der Waals surface area contributed by atoms with Gasteiger partial charge in [-0.1, -0.05) is 0 Å². The molecule has 110 valence electrons. The van der Waals surface area contributed by atoms with Gasteiger partial charge < -0.3 is 19.9 Å². The van der Waals surface area contributed by atoms with Gasteiger partial charge in [0.1, 0.15) is 0 Å². The predicted molar refractivity (Wildman–Crippen MR) is 73.1 cm³/mol. The molecule has 0 radical (unpaired) electrons. The molecular formula is C13H25N3O3. The number of hydrogen-bond donors (Lipinski definition) is 2. The van der Waals surface area contributed by atoms with Crippen LogP contribution in [0.25, 0.3) is 0 Å². The van der Waals surface area contributed by atoms with Crippen LogP contribution in [0.5, 0.6) is 0 Å². The number of methoxy groups -OCH3 is 1. The van der Waals surface area contributed by atoms with Crippen LogP contribution in [0.2, 0.25) is 0 Å². The minimum atomic E-state index is -0.505. The molecule has 2 N–H and O–H groups in total. The summed E-state index contributed by atoms with van der Waals surface area (Å²) in [5.74, 6) is 0. The van der Waals surface area contributed by atoms with Gasteiger partial charge in [-0.2, -0.15) is 5.10 Å². The predicted octanol–water partition coefficient (Wildman–Crippen LogP) is 0.150. The number of aromatic nitrogens is 2. The van der Waals surface area contributed by atoms with Gasteiger partial charge in [0.05, 0.1) is 31.6 Å². The first-order valence-electron chi connectivity index (χ1n) is 6.50. The van der Waals surface area contributed by atoms with E-state index in [9.17, 15) is 5.11 Å². The number of aliphatic hydroxyl groups excluding tert-OH is 1. The first-order valence-corrected chi connectivity index (χ1v) is 6.50. The molecule has 1 atom stereocenters. The second-order valence-electron chi connectivity index (χ2n) is 4.63. The van der Waals surface area contributed by atoms with Crippen molar-refractivity contribution in [3.8, 4) is 0 Å². The van der Waals surface area contributed by atoms with E-state index in [1.54, 1.807) is 7.11 Å². The van der Waals surface area contributed by atoms with Crippen LogP contribution in [0.1, 0.15) is 17.0 Å². The van der Waals surface area contributed by atoms with Gasteiger partial charge in [-0.25, -0.2) is 0 Å². The van der Waals surface area contributed by atoms with Gasteiger partial charge in [0.25, 0.3) is 0 Å². The van der Waals surface area contributed by atoms with Crippen LogP contribution < -0.4 is 5.32 Å². The number of nitrogens with zero attached hydrogens (tertiary/aromatic N) is 2. The van der Waals surface area contributed by atoms with E-state index < -0.39 is 6.10 Å². The van der Waals surface area contributed by atoms with Crippen molar-refractivity contribution in [2.45, 2.75) is 26.5 Å². The first kappa shape index (κ1) is 16.1. The summed E-state index contributed by atoms with van der Waals surface area (Å²) in [4.78, 5) is 0. The molecule has 19 heavy (non-hydrogen) atoms. The molecule has 1 aromatic heterocycles. The number of aliphatic hydroxyl groups is 1. The van der Waals surface area contributed by atoms with Crippen LogP contribution in [0.4, 0.5) is 0 Å². The Morgan fingerprint density at radius 2 is 2.11 bits per heavy atom. The van der Waals surface area contributed by atoms with Crippen molar-refractivity contribution in [3.63, 3.8) is 0 Å². The summed E-state index contributed by atoms with van der Waals surface area (Å²) < 4.78 is 12.0. The Bertz CT molecular complexity index is 379. The Hall–Kier alpha value is -0.950. The molecule has 0 aliphatic carbocycles. The highest BCUT2D eigenvalue weighted by molar-refractivity contribution is 5.23. The lowest BCUT2D eigenvalue weighted by Crippen LogP contribution is -2.30. The van der Waals surface area contributed by atoms with E-state index in [0.717, 1.165) is 11.4 Å². The number of aryl methyl sites for hydroxylation is 2. The van der Waals surface area contributed by atoms with Gasteiger partial charge in [-0.3, -0.25) is 4.68 Å². The van der Waals surface area contributed by atoms with E-state index >= 15 is 0 Å². The third-order valence-electron chi connectivity index (χ3n) is 3.08. The second-order valence-corrected chi connectivity index (χ2v) is 4.63. The number of rotatable bonds is 9. The zero-order chi connectivity index (χ0) is 14.3. The Balaban J connectivity index is 2.22. The van der Waals surface area contributed by atoms with Gasteiger partial charge >= 0.3 is 0 Å². The fraction of sp³-hybridized carbons (Fsp3) is 0.769. The second kappa shape index (κ2) is 8.27. The summed E-state index contributed by atoms with van der Waals surface area (Å²) in [6, 6.07) is 0. The molecule has 0 fully saturated rings. The first-order chi connectivity index (χ1) is 9.06. The third-order valence-corrected chi connectivity index (χ3v) is 3.08. The van der Waals surface area contributed by atoms with E-state index in [1.165, 1.54) is 5.56 Å². The van der Waals surface area contributed by atoms with Crippen LogP contribution in [-0.2, 0) is 23.1 Å². The van der Waals surface area contributed by atoms with Crippen LogP contribution in [0.15, 0.2) is 0 Å². The minimum absolute atomic E-state index is 0.321. The molecule has 0 aromatic carbocycles. The monoisotopic (exact) mass is 271 g/mol. The maximum absolute atomic E-state index is 9.72. The zero-order valence-electron chi connectivity index (χ0n) is 12.3. The number of hydrogen-bond acceptors (Lipinski definition) is 5. The quantitative estimate of drug-likeness (QED) is 0.626. The van der Waals surface area contributed by atoms with E-state index in [1.807, 2.05) is 25.6 Å². The number of nitrogens with one attached hydrogen (secondary N) is 1. The van der Waals surface area contributed by atoms with Gasteiger partial charge in [-0.05, 0) is 13.8 Å². The summed E-state index contributed by atoms with van der Waals surface area (Å²) in [6.07, 6.45) is -0.505. The Morgan fingerprint density at radius 1 is 1.37 bits per heavy atom. The number of ether oxygens (including phenoxy) is 2. The van der Waals surface area contributed by atoms with Crippen molar-refractivity contribution in [1.82, 2.24) is 15.1 Å². The SMILES string of the molecule is COCCOCC(O)CNCc1c(C)nn(C)c1C. The van der Waals surface area contributed by atoms with Crippen LogP contribution in [-0.4, -0.2) is 54.5 Å². The average molecular weight is 271 g/mol. The van der Waals surface area contributed by atoms with Gasteiger partial charge in [0.15, 0.2) is 0 Å². The molecule has 6 nitrogen and oxygen atoms in total. The van der Waals surface area contributed by atoms with Crippen LogP contribution in [0, 0.1) is 13.8 Å². The van der Waals surface area contributed by atoms with Gasteiger partial charge in [0, 0.05) is 38.5 Å². The van der Waals surface area contributed by atoms with Crippen molar-refractivity contribution in [2.24, 2.45) is 7.05 Å². The van der Waals surface area contributed by atoms with Crippen LogP contribution in [0.3, 0.4) is 0 Å². The fourth-order valence-corrected chi connectivity index (χ4v) is 1.86. The largest absolute Gasteiger partial charge is 0.389 e. The lowest BCUT2D eigenvalue weighted by Gasteiger charge is -2.12. The molecule has 0 saturated carbocycles. The van der Waals surface area contributed by atoms with Gasteiger partial charge in [0.2, 0.25) is 0 Å². The maximum atomic E-state index is 9.72. The summed E-state index contributed by atoms with van der Waals surface area (Å²) in [5, 5.41) is 17.3. The van der Waals surface area contributed by atoms with E-state index in [-0.39, 0.29) is 0 Å². The Kier molecular flexibility index (Phi) is 7.01. The third kappa shape index (κ3) is 5.28. The Labute approximate surface area is 114 Å². The molecule has 0 aliphatic heterocycles. The topological polar surface area (TPSA) is 68.5 Å².